The number of aromatic nitrogens is 2. The first-order valence-corrected chi connectivity index (χ1v) is 7.75. The van der Waals surface area contributed by atoms with Crippen LogP contribution in [0.15, 0.2) is 3.92 Å². The van der Waals surface area contributed by atoms with Crippen LogP contribution in [0, 0.1) is 11.8 Å². The number of fused-ring (bicyclic) bond motifs is 2. The number of anilines is 1. The molecular formula is C11H15BrN4OS. The summed E-state index contributed by atoms with van der Waals surface area (Å²) in [5.41, 5.74) is 0. The summed E-state index contributed by atoms with van der Waals surface area (Å²) in [5.74, 6) is 1.19. The molecule has 5 nitrogen and oxygen atoms in total. The number of hydrogen-bond acceptors (Lipinski definition) is 5. The molecule has 0 unspecified atom stereocenters. The minimum Gasteiger partial charge on any atom is -0.353 e. The normalized spacial score (nSPS) is 30.6. The molecule has 2 aliphatic rings. The lowest BCUT2D eigenvalue weighted by molar-refractivity contribution is -0.120. The highest BCUT2D eigenvalue weighted by Gasteiger charge is 2.43. The van der Waals surface area contributed by atoms with Gasteiger partial charge in [0.25, 0.3) is 0 Å². The van der Waals surface area contributed by atoms with Crippen molar-refractivity contribution in [1.29, 1.82) is 0 Å². The van der Waals surface area contributed by atoms with Gasteiger partial charge in [0.05, 0.1) is 0 Å². The summed E-state index contributed by atoms with van der Waals surface area (Å²) < 4.78 is 0.828. The van der Waals surface area contributed by atoms with Gasteiger partial charge in [-0.2, -0.15) is 0 Å². The summed E-state index contributed by atoms with van der Waals surface area (Å²) in [5, 5.41) is 12.3. The molecule has 0 radical (unpaired) electrons. The van der Waals surface area contributed by atoms with Crippen molar-refractivity contribution in [3.05, 3.63) is 3.92 Å². The van der Waals surface area contributed by atoms with Crippen LogP contribution in [0.5, 0.6) is 0 Å². The van der Waals surface area contributed by atoms with E-state index >= 15 is 0 Å². The number of nitrogens with zero attached hydrogens (tertiary/aromatic N) is 3. The van der Waals surface area contributed by atoms with E-state index in [4.69, 9.17) is 0 Å². The van der Waals surface area contributed by atoms with Crippen LogP contribution in [0.2, 0.25) is 0 Å². The number of carbonyl (C=O) groups is 1. The molecule has 2 bridgehead atoms. The van der Waals surface area contributed by atoms with Crippen LogP contribution < -0.4 is 10.2 Å². The zero-order chi connectivity index (χ0) is 12.7. The Hall–Kier alpha value is -0.690. The minimum absolute atomic E-state index is 0.0870. The fraction of sp³-hybridized carbons (Fsp3) is 0.727. The molecule has 18 heavy (non-hydrogen) atoms. The lowest BCUT2D eigenvalue weighted by atomic mass is 9.92. The molecule has 0 spiro atoms. The maximum Gasteiger partial charge on any atom is 0.217 e. The van der Waals surface area contributed by atoms with Crippen molar-refractivity contribution in [1.82, 2.24) is 15.5 Å². The van der Waals surface area contributed by atoms with Crippen molar-refractivity contribution < 1.29 is 4.79 Å². The SMILES string of the molecule is CC(=O)N[C@@H]1[C@@H]2CC[C@H]1CN(c1nnc(Br)s1)C2. The van der Waals surface area contributed by atoms with Gasteiger partial charge in [-0.3, -0.25) is 4.79 Å². The molecule has 7 heteroatoms. The minimum atomic E-state index is 0.0870. The molecule has 3 rings (SSSR count). The van der Waals surface area contributed by atoms with Gasteiger partial charge in [-0.25, -0.2) is 0 Å². The Morgan fingerprint density at radius 2 is 2.06 bits per heavy atom. The Morgan fingerprint density at radius 3 is 2.56 bits per heavy atom. The Morgan fingerprint density at radius 1 is 1.39 bits per heavy atom. The average molecular weight is 331 g/mol. The van der Waals surface area contributed by atoms with E-state index in [9.17, 15) is 4.79 Å². The monoisotopic (exact) mass is 330 g/mol. The van der Waals surface area contributed by atoms with Crippen molar-refractivity contribution in [2.45, 2.75) is 25.8 Å². The Labute approximate surface area is 118 Å². The second kappa shape index (κ2) is 4.77. The first-order chi connectivity index (χ1) is 8.63. The summed E-state index contributed by atoms with van der Waals surface area (Å²) in [6.45, 7) is 3.56. The fourth-order valence-corrected chi connectivity index (χ4v) is 4.28. The third-order valence-corrected chi connectivity index (χ3v) is 5.28. The van der Waals surface area contributed by atoms with Gasteiger partial charge in [-0.15, -0.1) is 10.2 Å². The zero-order valence-corrected chi connectivity index (χ0v) is 12.5. The van der Waals surface area contributed by atoms with Crippen LogP contribution in [0.25, 0.3) is 0 Å². The molecule has 98 valence electrons. The standard InChI is InChI=1S/C11H15BrN4OS/c1-6(17)13-9-7-2-3-8(9)5-16(4-7)11-15-14-10(12)18-11/h7-9H,2-5H2,1H3,(H,13,17)/t7-,8+,9-. The molecule has 2 heterocycles. The smallest absolute Gasteiger partial charge is 0.217 e. The summed E-state index contributed by atoms with van der Waals surface area (Å²) >= 11 is 4.92. The topological polar surface area (TPSA) is 58.1 Å². The van der Waals surface area contributed by atoms with Crippen molar-refractivity contribution in [3.8, 4) is 0 Å². The van der Waals surface area contributed by atoms with Crippen molar-refractivity contribution in [3.63, 3.8) is 0 Å². The highest BCUT2D eigenvalue weighted by atomic mass is 79.9. The number of rotatable bonds is 2. The van der Waals surface area contributed by atoms with Gasteiger partial charge in [0.15, 0.2) is 3.92 Å². The van der Waals surface area contributed by atoms with Crippen molar-refractivity contribution in [2.24, 2.45) is 11.8 Å². The molecule has 3 atom stereocenters. The second-order valence-electron chi connectivity index (χ2n) is 5.07. The van der Waals surface area contributed by atoms with Gasteiger partial charge in [0, 0.05) is 26.1 Å². The largest absolute Gasteiger partial charge is 0.353 e. The highest BCUT2D eigenvalue weighted by Crippen LogP contribution is 2.39. The molecule has 1 aliphatic heterocycles. The summed E-state index contributed by atoms with van der Waals surface area (Å²) in [7, 11) is 0. The van der Waals surface area contributed by atoms with E-state index in [2.05, 4.69) is 36.3 Å². The maximum atomic E-state index is 11.2. The van der Waals surface area contributed by atoms with Gasteiger partial charge in [-0.05, 0) is 40.6 Å². The van der Waals surface area contributed by atoms with Gasteiger partial charge in [-0.1, -0.05) is 11.3 Å². The predicted octanol–water partition coefficient (Wildman–Crippen LogP) is 1.65. The van der Waals surface area contributed by atoms with Crippen LogP contribution in [-0.2, 0) is 4.79 Å². The second-order valence-corrected chi connectivity index (χ2v) is 7.30. The van der Waals surface area contributed by atoms with Crippen LogP contribution >= 0.6 is 27.3 Å². The highest BCUT2D eigenvalue weighted by molar-refractivity contribution is 9.11. The number of halogens is 1. The van der Waals surface area contributed by atoms with Crippen molar-refractivity contribution in [2.75, 3.05) is 18.0 Å². The summed E-state index contributed by atoms with van der Waals surface area (Å²) in [6, 6.07) is 0.357. The number of carbonyl (C=O) groups excluding carboxylic acids is 1. The lowest BCUT2D eigenvalue weighted by Crippen LogP contribution is -2.52. The maximum absolute atomic E-state index is 11.2. The predicted molar refractivity (Wildman–Crippen MR) is 73.6 cm³/mol. The van der Waals surface area contributed by atoms with Crippen LogP contribution in [-0.4, -0.2) is 35.2 Å². The fourth-order valence-electron chi connectivity index (χ4n) is 3.18. The zero-order valence-electron chi connectivity index (χ0n) is 10.1. The molecule has 2 fully saturated rings. The van der Waals surface area contributed by atoms with E-state index in [0.29, 0.717) is 17.9 Å². The van der Waals surface area contributed by atoms with Gasteiger partial charge < -0.3 is 10.2 Å². The molecule has 1 saturated carbocycles. The van der Waals surface area contributed by atoms with E-state index in [1.54, 1.807) is 18.3 Å². The van der Waals surface area contributed by atoms with E-state index in [1.165, 1.54) is 12.8 Å². The van der Waals surface area contributed by atoms with E-state index < -0.39 is 0 Å². The van der Waals surface area contributed by atoms with Crippen LogP contribution in [0.4, 0.5) is 5.13 Å². The van der Waals surface area contributed by atoms with E-state index in [0.717, 1.165) is 22.1 Å². The van der Waals surface area contributed by atoms with Gasteiger partial charge in [0.2, 0.25) is 11.0 Å². The third kappa shape index (κ3) is 2.25. The molecule has 1 N–H and O–H groups in total. The number of nitrogens with one attached hydrogen (secondary N) is 1. The van der Waals surface area contributed by atoms with Crippen LogP contribution in [0.1, 0.15) is 19.8 Å². The first kappa shape index (κ1) is 12.3. The van der Waals surface area contributed by atoms with E-state index in [1.807, 2.05) is 0 Å². The molecule has 1 amide bonds. The van der Waals surface area contributed by atoms with Crippen LogP contribution in [0.3, 0.4) is 0 Å². The Kier molecular flexibility index (Phi) is 3.27. The summed E-state index contributed by atoms with van der Waals surface area (Å²) in [4.78, 5) is 13.5. The molecule has 1 saturated heterocycles. The number of amides is 1. The molecule has 0 aromatic carbocycles. The third-order valence-electron chi connectivity index (χ3n) is 3.86. The van der Waals surface area contributed by atoms with Gasteiger partial charge >= 0.3 is 0 Å². The number of hydrogen-bond donors (Lipinski definition) is 1. The average Bonchev–Trinajstić information content (AvgIpc) is 2.81. The Bertz CT molecular complexity index is 452. The molecule has 1 aromatic heterocycles. The lowest BCUT2D eigenvalue weighted by Gasteiger charge is -2.37. The number of piperidine rings is 1. The molecule has 1 aromatic rings. The molecule has 1 aliphatic carbocycles. The van der Waals surface area contributed by atoms with Crippen molar-refractivity contribution >= 4 is 38.3 Å². The Balaban J connectivity index is 1.73. The van der Waals surface area contributed by atoms with Gasteiger partial charge in [0.1, 0.15) is 0 Å². The molecular weight excluding hydrogens is 316 g/mol. The summed E-state index contributed by atoms with van der Waals surface area (Å²) in [6.07, 6.45) is 2.40. The van der Waals surface area contributed by atoms with E-state index in [-0.39, 0.29) is 5.91 Å². The quantitative estimate of drug-likeness (QED) is 0.895. The first-order valence-electron chi connectivity index (χ1n) is 6.14.